The van der Waals surface area contributed by atoms with Crippen molar-refractivity contribution in [2.24, 2.45) is 5.73 Å². The van der Waals surface area contributed by atoms with Gasteiger partial charge in [0.15, 0.2) is 0 Å². The first kappa shape index (κ1) is 13.5. The summed E-state index contributed by atoms with van der Waals surface area (Å²) in [5, 5.41) is 0. The number of esters is 1. The molecule has 1 saturated heterocycles. The number of hydrogen-bond donors (Lipinski definition) is 1. The van der Waals surface area contributed by atoms with Gasteiger partial charge in [-0.25, -0.2) is 0 Å². The molecule has 0 unspecified atom stereocenters. The van der Waals surface area contributed by atoms with Gasteiger partial charge < -0.3 is 15.4 Å². The van der Waals surface area contributed by atoms with Crippen LogP contribution < -0.4 is 5.73 Å². The van der Waals surface area contributed by atoms with Gasteiger partial charge in [0, 0.05) is 13.1 Å². The zero-order chi connectivity index (χ0) is 12.4. The topological polar surface area (TPSA) is 55.6 Å². The maximum atomic E-state index is 12.0. The van der Waals surface area contributed by atoms with Crippen molar-refractivity contribution in [1.29, 1.82) is 0 Å². The number of ether oxygens (including phenoxy) is 1. The number of rotatable bonds is 2. The fourth-order valence-electron chi connectivity index (χ4n) is 1.85. The molecule has 0 aliphatic carbocycles. The lowest BCUT2D eigenvalue weighted by molar-refractivity contribution is -0.163. The van der Waals surface area contributed by atoms with Crippen LogP contribution in [0.1, 0.15) is 40.5 Å². The van der Waals surface area contributed by atoms with E-state index in [1.54, 1.807) is 0 Å². The molecule has 2 N–H and O–H groups in total. The first-order valence-corrected chi connectivity index (χ1v) is 6.01. The maximum absolute atomic E-state index is 12.0. The fourth-order valence-corrected chi connectivity index (χ4v) is 1.85. The Balaban J connectivity index is 2.56. The number of nitrogens with two attached hydrogens (primary N) is 1. The van der Waals surface area contributed by atoms with E-state index in [2.05, 4.69) is 11.8 Å². The Kier molecular flexibility index (Phi) is 3.97. The lowest BCUT2D eigenvalue weighted by Gasteiger charge is -2.38. The molecule has 94 valence electrons. The quantitative estimate of drug-likeness (QED) is 0.720. The Hall–Kier alpha value is -0.610. The second-order valence-electron chi connectivity index (χ2n) is 5.59. The van der Waals surface area contributed by atoms with Crippen molar-refractivity contribution in [3.63, 3.8) is 0 Å². The molecule has 0 spiro atoms. The summed E-state index contributed by atoms with van der Waals surface area (Å²) in [6.07, 6.45) is 1.38. The van der Waals surface area contributed by atoms with E-state index in [0.29, 0.717) is 12.8 Å². The molecule has 1 aliphatic rings. The molecule has 0 amide bonds. The fraction of sp³-hybridized carbons (Fsp3) is 0.917. The van der Waals surface area contributed by atoms with Crippen molar-refractivity contribution in [2.75, 3.05) is 19.6 Å². The van der Waals surface area contributed by atoms with Crippen molar-refractivity contribution in [1.82, 2.24) is 4.90 Å². The number of piperidine rings is 1. The van der Waals surface area contributed by atoms with Crippen LogP contribution in [-0.2, 0) is 9.53 Å². The second-order valence-corrected chi connectivity index (χ2v) is 5.59. The van der Waals surface area contributed by atoms with Gasteiger partial charge in [-0.2, -0.15) is 0 Å². The van der Waals surface area contributed by atoms with Gasteiger partial charge in [0.05, 0.1) is 0 Å². The Labute approximate surface area is 98.1 Å². The van der Waals surface area contributed by atoms with Gasteiger partial charge in [0.2, 0.25) is 0 Å². The van der Waals surface area contributed by atoms with Crippen molar-refractivity contribution in [3.8, 4) is 0 Å². The number of hydrogen-bond acceptors (Lipinski definition) is 4. The third-order valence-corrected chi connectivity index (χ3v) is 3.00. The van der Waals surface area contributed by atoms with Crippen LogP contribution >= 0.6 is 0 Å². The number of carbonyl (C=O) groups is 1. The Morgan fingerprint density at radius 3 is 2.25 bits per heavy atom. The van der Waals surface area contributed by atoms with Crippen LogP contribution in [0.5, 0.6) is 0 Å². The van der Waals surface area contributed by atoms with E-state index < -0.39 is 11.1 Å². The van der Waals surface area contributed by atoms with Gasteiger partial charge in [0.25, 0.3) is 0 Å². The third-order valence-electron chi connectivity index (χ3n) is 3.00. The van der Waals surface area contributed by atoms with Crippen LogP contribution in [-0.4, -0.2) is 41.6 Å². The van der Waals surface area contributed by atoms with Crippen LogP contribution in [0.4, 0.5) is 0 Å². The highest BCUT2D eigenvalue weighted by Gasteiger charge is 2.40. The minimum Gasteiger partial charge on any atom is -0.459 e. The molecule has 16 heavy (non-hydrogen) atoms. The van der Waals surface area contributed by atoms with Gasteiger partial charge in [0.1, 0.15) is 11.1 Å². The standard InChI is InChI=1S/C12H24N2O2/c1-5-14-8-6-12(13,7-9-14)10(15)16-11(2,3)4/h5-9,13H2,1-4H3. The number of nitrogens with zero attached hydrogens (tertiary/aromatic N) is 1. The minimum absolute atomic E-state index is 0.254. The molecule has 0 saturated carbocycles. The molecule has 0 radical (unpaired) electrons. The van der Waals surface area contributed by atoms with Crippen molar-refractivity contribution in [3.05, 3.63) is 0 Å². The normalized spacial score (nSPS) is 21.8. The SMILES string of the molecule is CCN1CCC(N)(C(=O)OC(C)(C)C)CC1. The average Bonchev–Trinajstić information content (AvgIpc) is 2.16. The summed E-state index contributed by atoms with van der Waals surface area (Å²) in [6, 6.07) is 0. The van der Waals surface area contributed by atoms with Gasteiger partial charge >= 0.3 is 5.97 Å². The molecule has 0 bridgehead atoms. The van der Waals surface area contributed by atoms with Gasteiger partial charge in [-0.15, -0.1) is 0 Å². The van der Waals surface area contributed by atoms with E-state index in [1.165, 1.54) is 0 Å². The number of carbonyl (C=O) groups excluding carboxylic acids is 1. The van der Waals surface area contributed by atoms with Crippen LogP contribution in [0.3, 0.4) is 0 Å². The van der Waals surface area contributed by atoms with E-state index in [1.807, 2.05) is 20.8 Å². The van der Waals surface area contributed by atoms with Gasteiger partial charge in [-0.05, 0) is 40.2 Å². The van der Waals surface area contributed by atoms with Crippen molar-refractivity contribution < 1.29 is 9.53 Å². The molecule has 4 nitrogen and oxygen atoms in total. The van der Waals surface area contributed by atoms with Crippen molar-refractivity contribution in [2.45, 2.75) is 51.7 Å². The number of likely N-dealkylation sites (tertiary alicyclic amines) is 1. The first-order chi connectivity index (χ1) is 7.27. The predicted molar refractivity (Wildman–Crippen MR) is 64.1 cm³/mol. The highest BCUT2D eigenvalue weighted by molar-refractivity contribution is 5.81. The summed E-state index contributed by atoms with van der Waals surface area (Å²) in [5.41, 5.74) is 4.89. The molecule has 4 heteroatoms. The molecular formula is C12H24N2O2. The molecule has 0 atom stereocenters. The molecular weight excluding hydrogens is 204 g/mol. The summed E-state index contributed by atoms with van der Waals surface area (Å²) < 4.78 is 5.37. The van der Waals surface area contributed by atoms with E-state index in [-0.39, 0.29) is 5.97 Å². The summed E-state index contributed by atoms with van der Waals surface area (Å²) in [7, 11) is 0. The zero-order valence-electron chi connectivity index (χ0n) is 10.9. The lowest BCUT2D eigenvalue weighted by atomic mass is 9.88. The van der Waals surface area contributed by atoms with E-state index >= 15 is 0 Å². The summed E-state index contributed by atoms with van der Waals surface area (Å²) in [4.78, 5) is 14.3. The van der Waals surface area contributed by atoms with Crippen LogP contribution in [0.2, 0.25) is 0 Å². The molecule has 1 rings (SSSR count). The molecule has 1 aliphatic heterocycles. The predicted octanol–water partition coefficient (Wildman–Crippen LogP) is 1.14. The third kappa shape index (κ3) is 3.46. The monoisotopic (exact) mass is 228 g/mol. The van der Waals surface area contributed by atoms with Gasteiger partial charge in [-0.1, -0.05) is 6.92 Å². The summed E-state index contributed by atoms with van der Waals surface area (Å²) in [5.74, 6) is -0.254. The van der Waals surface area contributed by atoms with E-state index in [4.69, 9.17) is 10.5 Å². The van der Waals surface area contributed by atoms with Crippen molar-refractivity contribution >= 4 is 5.97 Å². The smallest absolute Gasteiger partial charge is 0.326 e. The molecule has 0 aromatic carbocycles. The molecule has 0 aromatic heterocycles. The average molecular weight is 228 g/mol. The molecule has 0 aromatic rings. The van der Waals surface area contributed by atoms with Crippen LogP contribution in [0.15, 0.2) is 0 Å². The van der Waals surface area contributed by atoms with E-state index in [0.717, 1.165) is 19.6 Å². The van der Waals surface area contributed by atoms with E-state index in [9.17, 15) is 4.79 Å². The highest BCUT2D eigenvalue weighted by atomic mass is 16.6. The molecule has 1 heterocycles. The minimum atomic E-state index is -0.779. The lowest BCUT2D eigenvalue weighted by Crippen LogP contribution is -2.57. The Morgan fingerprint density at radius 1 is 1.38 bits per heavy atom. The van der Waals surface area contributed by atoms with Gasteiger partial charge in [-0.3, -0.25) is 4.79 Å². The largest absolute Gasteiger partial charge is 0.459 e. The van der Waals surface area contributed by atoms with Crippen LogP contribution in [0, 0.1) is 0 Å². The molecule has 1 fully saturated rings. The Bertz CT molecular complexity index is 250. The maximum Gasteiger partial charge on any atom is 0.326 e. The zero-order valence-corrected chi connectivity index (χ0v) is 10.9. The summed E-state index contributed by atoms with van der Waals surface area (Å²) in [6.45, 7) is 10.5. The second kappa shape index (κ2) is 4.72. The Morgan fingerprint density at radius 2 is 1.88 bits per heavy atom. The first-order valence-electron chi connectivity index (χ1n) is 6.01. The highest BCUT2D eigenvalue weighted by Crippen LogP contribution is 2.23. The van der Waals surface area contributed by atoms with Crippen LogP contribution in [0.25, 0.3) is 0 Å². The summed E-state index contributed by atoms with van der Waals surface area (Å²) >= 11 is 0.